The Bertz CT molecular complexity index is 1280. The normalized spacial score (nSPS) is 21.3. The first kappa shape index (κ1) is 34.3. The summed E-state index contributed by atoms with van der Waals surface area (Å²) in [6, 6.07) is 9.09. The lowest BCUT2D eigenvalue weighted by Crippen LogP contribution is -2.47. The average Bonchev–Trinajstić information content (AvgIpc) is 3.03. The van der Waals surface area contributed by atoms with Gasteiger partial charge in [0, 0.05) is 18.2 Å². The maximum absolute atomic E-state index is 13.4. The van der Waals surface area contributed by atoms with E-state index in [-0.39, 0.29) is 29.5 Å². The number of rotatable bonds is 12. The molecule has 1 fully saturated rings. The molecule has 0 saturated carbocycles. The Morgan fingerprint density at radius 2 is 1.80 bits per heavy atom. The Balaban J connectivity index is 1.85. The Morgan fingerprint density at radius 3 is 2.43 bits per heavy atom. The number of carbonyl (C=O) groups excluding carboxylic acids is 4. The van der Waals surface area contributed by atoms with Crippen molar-refractivity contribution >= 4 is 23.8 Å². The number of ether oxygens (including phenoxy) is 6. The smallest absolute Gasteiger partial charge is 0.332 e. The van der Waals surface area contributed by atoms with Gasteiger partial charge in [0.2, 0.25) is 0 Å². The number of hydrogen-bond donors (Lipinski definition) is 2. The third kappa shape index (κ3) is 9.13. The summed E-state index contributed by atoms with van der Waals surface area (Å²) in [6.07, 6.45) is -1.89. The molecular weight excluding hydrogens is 576 g/mol. The molecule has 13 nitrogen and oxygen atoms in total. The average molecular weight is 617 g/mol. The third-order valence-corrected chi connectivity index (χ3v) is 6.78. The molecule has 0 bridgehead atoms. The summed E-state index contributed by atoms with van der Waals surface area (Å²) in [7, 11) is 1.36. The van der Waals surface area contributed by atoms with Crippen molar-refractivity contribution in [3.8, 4) is 11.5 Å². The van der Waals surface area contributed by atoms with Gasteiger partial charge < -0.3 is 38.8 Å². The van der Waals surface area contributed by atoms with E-state index >= 15 is 0 Å². The van der Waals surface area contributed by atoms with Gasteiger partial charge in [-0.3, -0.25) is 14.4 Å². The third-order valence-electron chi connectivity index (χ3n) is 6.78. The van der Waals surface area contributed by atoms with E-state index in [9.17, 15) is 24.3 Å². The highest BCUT2D eigenvalue weighted by molar-refractivity contribution is 5.98. The quantitative estimate of drug-likeness (QED) is 0.203. The second-order valence-corrected chi connectivity index (χ2v) is 10.9. The maximum atomic E-state index is 13.4. The van der Waals surface area contributed by atoms with Crippen LogP contribution in [0.3, 0.4) is 0 Å². The van der Waals surface area contributed by atoms with Gasteiger partial charge in [-0.15, -0.1) is 0 Å². The van der Waals surface area contributed by atoms with E-state index in [0.717, 1.165) is 5.56 Å². The van der Waals surface area contributed by atoms with Crippen LogP contribution in [0.4, 0.5) is 0 Å². The van der Waals surface area contributed by atoms with Crippen molar-refractivity contribution in [2.24, 2.45) is 17.8 Å². The summed E-state index contributed by atoms with van der Waals surface area (Å²) in [4.78, 5) is 56.7. The number of nitrogens with one attached hydrogen (secondary N) is 1. The maximum Gasteiger partial charge on any atom is 0.332 e. The predicted molar refractivity (Wildman–Crippen MR) is 154 cm³/mol. The van der Waals surface area contributed by atoms with E-state index in [1.165, 1.54) is 26.3 Å². The molecule has 1 aromatic heterocycles. The van der Waals surface area contributed by atoms with Gasteiger partial charge in [-0.25, -0.2) is 9.78 Å². The van der Waals surface area contributed by atoms with Crippen LogP contribution in [0.1, 0.15) is 50.7 Å². The van der Waals surface area contributed by atoms with E-state index in [2.05, 4.69) is 10.3 Å². The van der Waals surface area contributed by atoms with Gasteiger partial charge in [-0.1, -0.05) is 58.0 Å². The van der Waals surface area contributed by atoms with E-state index in [1.807, 2.05) is 30.3 Å². The lowest BCUT2D eigenvalue weighted by molar-refractivity contribution is -0.176. The van der Waals surface area contributed by atoms with Crippen LogP contribution in [0.25, 0.3) is 0 Å². The van der Waals surface area contributed by atoms with Crippen molar-refractivity contribution in [3.05, 3.63) is 53.9 Å². The van der Waals surface area contributed by atoms with Crippen molar-refractivity contribution in [1.29, 1.82) is 0 Å². The zero-order valence-electron chi connectivity index (χ0n) is 25.7. The molecule has 0 aliphatic carbocycles. The van der Waals surface area contributed by atoms with Gasteiger partial charge in [0.25, 0.3) is 5.91 Å². The molecule has 2 heterocycles. The Hall–Kier alpha value is -4.23. The molecule has 5 atom stereocenters. The molecule has 1 amide bonds. The Labute approximate surface area is 256 Å². The zero-order chi connectivity index (χ0) is 32.4. The number of esters is 3. The number of amides is 1. The van der Waals surface area contributed by atoms with E-state index in [1.54, 1.807) is 27.7 Å². The van der Waals surface area contributed by atoms with Gasteiger partial charge in [0.1, 0.15) is 18.6 Å². The van der Waals surface area contributed by atoms with Gasteiger partial charge in [-0.2, -0.15) is 0 Å². The highest BCUT2D eigenvalue weighted by atomic mass is 16.7. The largest absolute Gasteiger partial charge is 0.493 e. The minimum absolute atomic E-state index is 0.103. The SMILES string of the molecule is COc1ccnc(C(=O)N[C@H]2COC(=O)[C@H](Cc3ccccc3)[C@@H](OC(=O)C(C)C)[C@H](C)OC2=O)c1OCOC(O)C(C)C. The Morgan fingerprint density at radius 1 is 1.09 bits per heavy atom. The number of aliphatic hydroxyl groups excluding tert-OH is 1. The minimum atomic E-state index is -1.44. The van der Waals surface area contributed by atoms with Crippen molar-refractivity contribution in [3.63, 3.8) is 0 Å². The second-order valence-electron chi connectivity index (χ2n) is 10.9. The molecule has 0 spiro atoms. The van der Waals surface area contributed by atoms with Crippen LogP contribution >= 0.6 is 0 Å². The first-order valence-electron chi connectivity index (χ1n) is 14.3. The number of benzene rings is 1. The summed E-state index contributed by atoms with van der Waals surface area (Å²) in [6.45, 7) is 7.31. The molecule has 1 aliphatic heterocycles. The van der Waals surface area contributed by atoms with E-state index in [0.29, 0.717) is 0 Å². The number of aromatic nitrogens is 1. The zero-order valence-corrected chi connectivity index (χ0v) is 25.7. The molecule has 44 heavy (non-hydrogen) atoms. The molecule has 3 rings (SSSR count). The number of pyridine rings is 1. The van der Waals surface area contributed by atoms with Crippen molar-refractivity contribution in [2.75, 3.05) is 20.5 Å². The number of cyclic esters (lactones) is 2. The molecular formula is C31H40N2O11. The van der Waals surface area contributed by atoms with Gasteiger partial charge in [0.15, 0.2) is 42.4 Å². The number of nitrogens with zero attached hydrogens (tertiary/aromatic N) is 1. The lowest BCUT2D eigenvalue weighted by atomic mass is 9.91. The van der Waals surface area contributed by atoms with Crippen LogP contribution in [0.5, 0.6) is 11.5 Å². The fourth-order valence-electron chi connectivity index (χ4n) is 4.22. The molecule has 1 aromatic carbocycles. The van der Waals surface area contributed by atoms with Crippen LogP contribution in [-0.4, -0.2) is 79.0 Å². The first-order valence-corrected chi connectivity index (χ1v) is 14.3. The van der Waals surface area contributed by atoms with Gasteiger partial charge in [-0.05, 0) is 18.9 Å². The van der Waals surface area contributed by atoms with Crippen LogP contribution in [0, 0.1) is 17.8 Å². The van der Waals surface area contributed by atoms with Gasteiger partial charge >= 0.3 is 17.9 Å². The lowest BCUT2D eigenvalue weighted by Gasteiger charge is -2.29. The Kier molecular flexibility index (Phi) is 12.5. The molecule has 1 aliphatic rings. The minimum Gasteiger partial charge on any atom is -0.493 e. The number of methoxy groups -OCH3 is 1. The van der Waals surface area contributed by atoms with E-state index in [4.69, 9.17) is 28.4 Å². The molecule has 240 valence electrons. The fourth-order valence-corrected chi connectivity index (χ4v) is 4.22. The summed E-state index contributed by atoms with van der Waals surface area (Å²) in [5, 5.41) is 12.4. The van der Waals surface area contributed by atoms with Crippen molar-refractivity contribution in [1.82, 2.24) is 10.3 Å². The predicted octanol–water partition coefficient (Wildman–Crippen LogP) is 2.43. The fraction of sp³-hybridized carbons (Fsp3) is 0.516. The number of carbonyl (C=O) groups is 4. The molecule has 1 saturated heterocycles. The first-order chi connectivity index (χ1) is 20.9. The standard InChI is InChI=1S/C31H40N2O11/c1-17(2)28(35)42-16-41-26-23(39-6)12-13-32-24(26)27(34)33-22-15-40-30(37)21(14-20-10-8-7-9-11-20)25(19(5)43-31(22)38)44-29(36)18(3)4/h7-13,17-19,21-22,25,28,35H,14-16H2,1-6H3,(H,33,34)/t19-,21+,22-,25-,28?/m0/s1. The molecule has 2 N–H and O–H groups in total. The highest BCUT2D eigenvalue weighted by Crippen LogP contribution is 2.30. The highest BCUT2D eigenvalue weighted by Gasteiger charge is 2.42. The van der Waals surface area contributed by atoms with Crippen LogP contribution < -0.4 is 14.8 Å². The van der Waals surface area contributed by atoms with Crippen molar-refractivity contribution in [2.45, 2.75) is 65.6 Å². The summed E-state index contributed by atoms with van der Waals surface area (Å²) >= 11 is 0. The van der Waals surface area contributed by atoms with Gasteiger partial charge in [0.05, 0.1) is 13.0 Å². The summed E-state index contributed by atoms with van der Waals surface area (Å²) in [5.74, 6) is -4.76. The number of aliphatic hydroxyl groups is 1. The number of hydrogen-bond acceptors (Lipinski definition) is 12. The summed E-state index contributed by atoms with van der Waals surface area (Å²) in [5.41, 5.74) is 0.522. The second kappa shape index (κ2) is 16.0. The molecule has 1 unspecified atom stereocenters. The topological polar surface area (TPSA) is 169 Å². The molecule has 13 heteroatoms. The summed E-state index contributed by atoms with van der Waals surface area (Å²) < 4.78 is 32.9. The van der Waals surface area contributed by atoms with E-state index < -0.39 is 73.6 Å². The van der Waals surface area contributed by atoms with Crippen molar-refractivity contribution < 1.29 is 52.7 Å². The van der Waals surface area contributed by atoms with Crippen LogP contribution in [-0.2, 0) is 39.8 Å². The van der Waals surface area contributed by atoms with Crippen LogP contribution in [0.2, 0.25) is 0 Å². The molecule has 2 aromatic rings. The molecule has 0 radical (unpaired) electrons. The van der Waals surface area contributed by atoms with Crippen LogP contribution in [0.15, 0.2) is 42.6 Å². The monoisotopic (exact) mass is 616 g/mol.